The van der Waals surface area contributed by atoms with E-state index in [4.69, 9.17) is 4.74 Å². The van der Waals surface area contributed by atoms with Gasteiger partial charge in [-0.1, -0.05) is 0 Å². The predicted octanol–water partition coefficient (Wildman–Crippen LogP) is 3.00. The SMILES string of the molecule is CCOc1ccc(NC(=O)c2cnn3c2CC(CNC(C)=O)CC3)cc1Br. The van der Waals surface area contributed by atoms with Gasteiger partial charge in [0.2, 0.25) is 5.91 Å². The minimum absolute atomic E-state index is 0.0341. The van der Waals surface area contributed by atoms with Gasteiger partial charge in [-0.25, -0.2) is 0 Å². The van der Waals surface area contributed by atoms with Crippen molar-refractivity contribution >= 4 is 33.4 Å². The first-order chi connectivity index (χ1) is 13.0. The van der Waals surface area contributed by atoms with Crippen molar-refractivity contribution in [2.45, 2.75) is 33.2 Å². The van der Waals surface area contributed by atoms with Gasteiger partial charge in [-0.15, -0.1) is 0 Å². The Bertz CT molecular complexity index is 849. The second-order valence-corrected chi connectivity index (χ2v) is 7.41. The molecule has 2 aromatic rings. The molecular formula is C19H23BrN4O3. The average molecular weight is 435 g/mol. The summed E-state index contributed by atoms with van der Waals surface area (Å²) in [7, 11) is 0. The fourth-order valence-corrected chi connectivity index (χ4v) is 3.69. The van der Waals surface area contributed by atoms with Crippen LogP contribution in [0.4, 0.5) is 5.69 Å². The summed E-state index contributed by atoms with van der Waals surface area (Å²) >= 11 is 3.46. The third-order valence-electron chi connectivity index (χ3n) is 4.55. The van der Waals surface area contributed by atoms with Crippen LogP contribution in [0, 0.1) is 5.92 Å². The largest absolute Gasteiger partial charge is 0.493 e. The number of benzene rings is 1. The molecule has 2 amide bonds. The number of amides is 2. The number of nitrogens with zero attached hydrogens (tertiary/aromatic N) is 2. The Balaban J connectivity index is 1.71. The van der Waals surface area contributed by atoms with Crippen molar-refractivity contribution < 1.29 is 14.3 Å². The maximum Gasteiger partial charge on any atom is 0.259 e. The summed E-state index contributed by atoms with van der Waals surface area (Å²) in [5.41, 5.74) is 2.17. The molecule has 144 valence electrons. The van der Waals surface area contributed by atoms with Gasteiger partial charge in [-0.3, -0.25) is 14.3 Å². The van der Waals surface area contributed by atoms with Gasteiger partial charge in [0.25, 0.3) is 5.91 Å². The molecule has 1 aromatic heterocycles. The Morgan fingerprint density at radius 3 is 2.93 bits per heavy atom. The Morgan fingerprint density at radius 1 is 1.41 bits per heavy atom. The number of hydrogen-bond donors (Lipinski definition) is 2. The number of carbonyl (C=O) groups is 2. The molecule has 0 bridgehead atoms. The molecule has 1 aliphatic rings. The van der Waals surface area contributed by atoms with Crippen LogP contribution in [0.1, 0.15) is 36.3 Å². The summed E-state index contributed by atoms with van der Waals surface area (Å²) in [5.74, 6) is 0.823. The van der Waals surface area contributed by atoms with Crippen LogP contribution in [-0.4, -0.2) is 34.7 Å². The molecule has 8 heteroatoms. The number of ether oxygens (including phenoxy) is 1. The number of fused-ring (bicyclic) bond motifs is 1. The van der Waals surface area contributed by atoms with Gasteiger partial charge in [-0.2, -0.15) is 5.10 Å². The summed E-state index contributed by atoms with van der Waals surface area (Å²) in [6, 6.07) is 5.45. The Morgan fingerprint density at radius 2 is 2.22 bits per heavy atom. The molecule has 27 heavy (non-hydrogen) atoms. The highest BCUT2D eigenvalue weighted by Crippen LogP contribution is 2.29. The zero-order valence-corrected chi connectivity index (χ0v) is 17.0. The second-order valence-electron chi connectivity index (χ2n) is 6.56. The molecule has 1 aromatic carbocycles. The first-order valence-corrected chi connectivity index (χ1v) is 9.80. The number of nitrogens with one attached hydrogen (secondary N) is 2. The van der Waals surface area contributed by atoms with Gasteiger partial charge < -0.3 is 15.4 Å². The third-order valence-corrected chi connectivity index (χ3v) is 5.17. The lowest BCUT2D eigenvalue weighted by Gasteiger charge is -2.24. The molecule has 0 spiro atoms. The van der Waals surface area contributed by atoms with Crippen molar-refractivity contribution in [3.63, 3.8) is 0 Å². The van der Waals surface area contributed by atoms with E-state index >= 15 is 0 Å². The molecule has 0 fully saturated rings. The normalized spacial score (nSPS) is 15.7. The van der Waals surface area contributed by atoms with E-state index in [0.717, 1.165) is 35.3 Å². The van der Waals surface area contributed by atoms with Crippen molar-refractivity contribution in [3.05, 3.63) is 40.1 Å². The summed E-state index contributed by atoms with van der Waals surface area (Å²) < 4.78 is 8.16. The predicted molar refractivity (Wildman–Crippen MR) is 106 cm³/mol. The zero-order valence-electron chi connectivity index (χ0n) is 15.4. The summed E-state index contributed by atoms with van der Waals surface area (Å²) in [6.45, 7) is 5.38. The van der Waals surface area contributed by atoms with Crippen LogP contribution in [0.2, 0.25) is 0 Å². The van der Waals surface area contributed by atoms with Crippen LogP contribution in [0.15, 0.2) is 28.9 Å². The van der Waals surface area contributed by atoms with Crippen molar-refractivity contribution in [1.29, 1.82) is 0 Å². The smallest absolute Gasteiger partial charge is 0.259 e. The number of hydrogen-bond acceptors (Lipinski definition) is 4. The topological polar surface area (TPSA) is 85.2 Å². The minimum Gasteiger partial charge on any atom is -0.493 e. The van der Waals surface area contributed by atoms with Gasteiger partial charge in [0, 0.05) is 25.7 Å². The second kappa shape index (κ2) is 8.56. The molecule has 0 radical (unpaired) electrons. The van der Waals surface area contributed by atoms with Crippen LogP contribution < -0.4 is 15.4 Å². The molecule has 3 rings (SSSR count). The number of carbonyl (C=O) groups excluding carboxylic acids is 2. The Kier molecular flexibility index (Phi) is 6.15. The number of aromatic nitrogens is 2. The van der Waals surface area contributed by atoms with Crippen LogP contribution in [-0.2, 0) is 17.8 Å². The quantitative estimate of drug-likeness (QED) is 0.731. The molecule has 0 saturated heterocycles. The maximum atomic E-state index is 12.8. The Hall–Kier alpha value is -2.35. The standard InChI is InChI=1S/C19H23BrN4O3/c1-3-27-18-5-4-14(9-16(18)20)23-19(26)15-11-22-24-7-6-13(8-17(15)24)10-21-12(2)25/h4-5,9,11,13H,3,6-8,10H2,1-2H3,(H,21,25)(H,23,26). The summed E-state index contributed by atoms with van der Waals surface area (Å²) in [5, 5.41) is 10.1. The van der Waals surface area contributed by atoms with E-state index in [1.54, 1.807) is 6.20 Å². The number of halogens is 1. The highest BCUT2D eigenvalue weighted by atomic mass is 79.9. The first-order valence-electron chi connectivity index (χ1n) is 9.00. The fourth-order valence-electron chi connectivity index (χ4n) is 3.20. The first kappa shape index (κ1) is 19.4. The van der Waals surface area contributed by atoms with Gasteiger partial charge in [-0.05, 0) is 59.8 Å². The van der Waals surface area contributed by atoms with Crippen molar-refractivity contribution in [2.75, 3.05) is 18.5 Å². The van der Waals surface area contributed by atoms with Crippen LogP contribution in [0.25, 0.3) is 0 Å². The van der Waals surface area contributed by atoms with Crippen molar-refractivity contribution in [2.24, 2.45) is 5.92 Å². The van der Waals surface area contributed by atoms with Crippen molar-refractivity contribution in [3.8, 4) is 5.75 Å². The monoisotopic (exact) mass is 434 g/mol. The molecule has 0 aliphatic carbocycles. The summed E-state index contributed by atoms with van der Waals surface area (Å²) in [6.07, 6.45) is 3.27. The van der Waals surface area contributed by atoms with Crippen LogP contribution in [0.3, 0.4) is 0 Å². The minimum atomic E-state index is -0.188. The van der Waals surface area contributed by atoms with E-state index in [2.05, 4.69) is 31.7 Å². The molecule has 2 N–H and O–H groups in total. The number of aryl methyl sites for hydroxylation is 1. The van der Waals surface area contributed by atoms with Gasteiger partial charge in [0.05, 0.1) is 28.5 Å². The Labute approximate surface area is 166 Å². The van der Waals surface area contributed by atoms with E-state index in [1.165, 1.54) is 6.92 Å². The highest BCUT2D eigenvalue weighted by molar-refractivity contribution is 9.10. The molecule has 1 aliphatic heterocycles. The third kappa shape index (κ3) is 4.68. The lowest BCUT2D eigenvalue weighted by molar-refractivity contribution is -0.119. The molecular weight excluding hydrogens is 412 g/mol. The van der Waals surface area contributed by atoms with Gasteiger partial charge in [0.1, 0.15) is 5.75 Å². The molecule has 0 saturated carbocycles. The van der Waals surface area contributed by atoms with E-state index in [1.807, 2.05) is 29.8 Å². The van der Waals surface area contributed by atoms with Crippen LogP contribution >= 0.6 is 15.9 Å². The van der Waals surface area contributed by atoms with Gasteiger partial charge in [0.15, 0.2) is 0 Å². The van der Waals surface area contributed by atoms with E-state index in [-0.39, 0.29) is 11.8 Å². The molecule has 1 atom stereocenters. The van der Waals surface area contributed by atoms with Gasteiger partial charge >= 0.3 is 0 Å². The molecule has 7 nitrogen and oxygen atoms in total. The lowest BCUT2D eigenvalue weighted by atomic mass is 9.94. The zero-order chi connectivity index (χ0) is 19.4. The maximum absolute atomic E-state index is 12.8. The highest BCUT2D eigenvalue weighted by Gasteiger charge is 2.25. The molecule has 1 unspecified atom stereocenters. The number of anilines is 1. The van der Waals surface area contributed by atoms with E-state index in [0.29, 0.717) is 30.3 Å². The molecule has 2 heterocycles. The lowest BCUT2D eigenvalue weighted by Crippen LogP contribution is -2.32. The fraction of sp³-hybridized carbons (Fsp3) is 0.421. The van der Waals surface area contributed by atoms with E-state index < -0.39 is 0 Å². The summed E-state index contributed by atoms with van der Waals surface area (Å²) in [4.78, 5) is 23.9. The van der Waals surface area contributed by atoms with Crippen molar-refractivity contribution in [1.82, 2.24) is 15.1 Å². The number of rotatable bonds is 6. The average Bonchev–Trinajstić information content (AvgIpc) is 3.05. The van der Waals surface area contributed by atoms with E-state index in [9.17, 15) is 9.59 Å². The van der Waals surface area contributed by atoms with Crippen LogP contribution in [0.5, 0.6) is 5.75 Å².